The molecule has 0 aliphatic carbocycles. The molecule has 1 N–H and O–H groups in total. The molecule has 0 bridgehead atoms. The van der Waals surface area contributed by atoms with Crippen LogP contribution in [0.5, 0.6) is 0 Å². The molecule has 6 nitrogen and oxygen atoms in total. The monoisotopic (exact) mass is 323 g/mol. The highest BCUT2D eigenvalue weighted by Crippen LogP contribution is 2.29. The van der Waals surface area contributed by atoms with Crippen molar-refractivity contribution in [1.82, 2.24) is 15.3 Å². The molecule has 7 heteroatoms. The molecule has 0 atom stereocenters. The third kappa shape index (κ3) is 2.51. The van der Waals surface area contributed by atoms with Gasteiger partial charge < -0.3 is 4.42 Å². The zero-order valence-corrected chi connectivity index (χ0v) is 12.5. The molecule has 4 rings (SSSR count). The first kappa shape index (κ1) is 13.7. The summed E-state index contributed by atoms with van der Waals surface area (Å²) in [6.45, 7) is 0. The fourth-order valence-corrected chi connectivity index (χ4v) is 3.03. The molecule has 3 heterocycles. The first-order valence-corrected chi connectivity index (χ1v) is 7.56. The summed E-state index contributed by atoms with van der Waals surface area (Å²) >= 11 is 0.888. The third-order valence-electron chi connectivity index (χ3n) is 3.35. The van der Waals surface area contributed by atoms with E-state index in [2.05, 4.69) is 15.3 Å². The van der Waals surface area contributed by atoms with Gasteiger partial charge in [-0.15, -0.1) is 0 Å². The van der Waals surface area contributed by atoms with E-state index in [0.717, 1.165) is 28.2 Å². The maximum atomic E-state index is 11.6. The lowest BCUT2D eigenvalue weighted by Crippen LogP contribution is -2.17. The van der Waals surface area contributed by atoms with Crippen molar-refractivity contribution in [3.8, 4) is 11.5 Å². The van der Waals surface area contributed by atoms with Crippen molar-refractivity contribution >= 4 is 39.9 Å². The third-order valence-corrected chi connectivity index (χ3v) is 4.16. The number of hydrogen-bond acceptors (Lipinski definition) is 6. The molecule has 1 aliphatic heterocycles. The first-order valence-electron chi connectivity index (χ1n) is 6.74. The summed E-state index contributed by atoms with van der Waals surface area (Å²) in [5, 5.41) is 2.69. The van der Waals surface area contributed by atoms with Crippen molar-refractivity contribution in [3.63, 3.8) is 0 Å². The Hall–Kier alpha value is -2.93. The SMILES string of the molecule is O=C1NC(=O)C(=Cc2ccc3ncnc(-c4ccco4)c3c2)S1. The minimum Gasteiger partial charge on any atom is -0.463 e. The fraction of sp³-hybridized carbons (Fsp3) is 0. The molecule has 0 radical (unpaired) electrons. The van der Waals surface area contributed by atoms with Crippen LogP contribution in [0.2, 0.25) is 0 Å². The second-order valence-electron chi connectivity index (χ2n) is 4.83. The summed E-state index contributed by atoms with van der Waals surface area (Å²) in [7, 11) is 0. The van der Waals surface area contributed by atoms with Crippen molar-refractivity contribution in [2.24, 2.45) is 0 Å². The number of carbonyl (C=O) groups excluding carboxylic acids is 2. The summed E-state index contributed by atoms with van der Waals surface area (Å²) < 4.78 is 5.41. The molecular weight excluding hydrogens is 314 g/mol. The topological polar surface area (TPSA) is 85.1 Å². The van der Waals surface area contributed by atoms with Gasteiger partial charge in [0.25, 0.3) is 11.1 Å². The van der Waals surface area contributed by atoms with Crippen LogP contribution in [0.25, 0.3) is 28.4 Å². The Bertz CT molecular complexity index is 964. The minimum absolute atomic E-state index is 0.360. The molecule has 2 aromatic heterocycles. The molecule has 0 spiro atoms. The number of benzene rings is 1. The molecule has 1 saturated heterocycles. The first-order chi connectivity index (χ1) is 11.2. The van der Waals surface area contributed by atoms with Crippen LogP contribution < -0.4 is 5.32 Å². The molecule has 1 aromatic carbocycles. The highest BCUT2D eigenvalue weighted by atomic mass is 32.2. The lowest BCUT2D eigenvalue weighted by Gasteiger charge is -2.04. The minimum atomic E-state index is -0.379. The van der Waals surface area contributed by atoms with E-state index < -0.39 is 0 Å². The Balaban J connectivity index is 1.84. The number of thioether (sulfide) groups is 1. The molecule has 23 heavy (non-hydrogen) atoms. The van der Waals surface area contributed by atoms with Crippen LogP contribution in [0, 0.1) is 0 Å². The quantitative estimate of drug-likeness (QED) is 0.729. The average molecular weight is 323 g/mol. The van der Waals surface area contributed by atoms with Gasteiger partial charge in [0.05, 0.1) is 16.7 Å². The highest BCUT2D eigenvalue weighted by Gasteiger charge is 2.25. The standard InChI is InChI=1S/C16H9N3O3S/c20-15-13(23-16(21)19-15)7-9-3-4-11-10(6-9)14(18-8-17-11)12-2-1-5-22-12/h1-8H,(H,19,20,21). The molecule has 2 amide bonds. The van der Waals surface area contributed by atoms with Crippen molar-refractivity contribution in [1.29, 1.82) is 0 Å². The number of fused-ring (bicyclic) bond motifs is 1. The molecule has 3 aromatic rings. The summed E-state index contributed by atoms with van der Waals surface area (Å²) in [6, 6.07) is 9.17. The number of nitrogens with zero attached hydrogens (tertiary/aromatic N) is 2. The molecule has 0 saturated carbocycles. The van der Waals surface area contributed by atoms with Crippen LogP contribution in [0.1, 0.15) is 5.56 Å². The van der Waals surface area contributed by atoms with E-state index >= 15 is 0 Å². The maximum Gasteiger partial charge on any atom is 0.290 e. The van der Waals surface area contributed by atoms with Gasteiger partial charge in [-0.1, -0.05) is 6.07 Å². The smallest absolute Gasteiger partial charge is 0.290 e. The number of amides is 2. The summed E-state index contributed by atoms with van der Waals surface area (Å²) in [4.78, 5) is 31.8. The highest BCUT2D eigenvalue weighted by molar-refractivity contribution is 8.18. The van der Waals surface area contributed by atoms with E-state index in [-0.39, 0.29) is 11.1 Å². The van der Waals surface area contributed by atoms with Gasteiger partial charge in [0.2, 0.25) is 0 Å². The van der Waals surface area contributed by atoms with Gasteiger partial charge >= 0.3 is 0 Å². The van der Waals surface area contributed by atoms with E-state index in [4.69, 9.17) is 4.42 Å². The average Bonchev–Trinajstić information content (AvgIpc) is 3.17. The summed E-state index contributed by atoms with van der Waals surface area (Å²) in [6.07, 6.45) is 4.74. The van der Waals surface area contributed by atoms with Crippen LogP contribution in [-0.4, -0.2) is 21.1 Å². The van der Waals surface area contributed by atoms with Crippen LogP contribution in [0.4, 0.5) is 4.79 Å². The van der Waals surface area contributed by atoms with Crippen LogP contribution >= 0.6 is 11.8 Å². The Morgan fingerprint density at radius 2 is 2.09 bits per heavy atom. The van der Waals surface area contributed by atoms with Crippen LogP contribution in [0.3, 0.4) is 0 Å². The second-order valence-corrected chi connectivity index (χ2v) is 5.84. The van der Waals surface area contributed by atoms with E-state index in [9.17, 15) is 9.59 Å². The number of nitrogens with one attached hydrogen (secondary N) is 1. The van der Waals surface area contributed by atoms with Crippen molar-refractivity contribution in [2.45, 2.75) is 0 Å². The largest absolute Gasteiger partial charge is 0.463 e. The van der Waals surface area contributed by atoms with E-state index in [1.807, 2.05) is 24.3 Å². The zero-order chi connectivity index (χ0) is 15.8. The molecule has 0 unspecified atom stereocenters. The summed E-state index contributed by atoms with van der Waals surface area (Å²) in [5.74, 6) is 0.265. The van der Waals surface area contributed by atoms with Gasteiger partial charge in [0.15, 0.2) is 5.76 Å². The Kier molecular flexibility index (Phi) is 3.20. The van der Waals surface area contributed by atoms with Gasteiger partial charge in [-0.05, 0) is 47.7 Å². The fourth-order valence-electron chi connectivity index (χ4n) is 2.35. The number of imide groups is 1. The van der Waals surface area contributed by atoms with E-state index in [1.54, 1.807) is 18.4 Å². The predicted molar refractivity (Wildman–Crippen MR) is 86.3 cm³/mol. The lowest BCUT2D eigenvalue weighted by atomic mass is 10.1. The van der Waals surface area contributed by atoms with Gasteiger partial charge in [-0.3, -0.25) is 14.9 Å². The normalized spacial score (nSPS) is 16.3. The van der Waals surface area contributed by atoms with E-state index in [0.29, 0.717) is 16.4 Å². The van der Waals surface area contributed by atoms with Crippen LogP contribution in [-0.2, 0) is 4.79 Å². The van der Waals surface area contributed by atoms with E-state index in [1.165, 1.54) is 6.33 Å². The van der Waals surface area contributed by atoms with Gasteiger partial charge in [0, 0.05) is 5.39 Å². The number of furan rings is 1. The molecular formula is C16H9N3O3S. The second kappa shape index (κ2) is 5.36. The molecule has 112 valence electrons. The molecule has 1 aliphatic rings. The van der Waals surface area contributed by atoms with Crippen LogP contribution in [0.15, 0.2) is 52.2 Å². The number of hydrogen-bond donors (Lipinski definition) is 1. The number of rotatable bonds is 2. The van der Waals surface area contributed by atoms with Gasteiger partial charge in [-0.25, -0.2) is 9.97 Å². The molecule has 1 fully saturated rings. The summed E-state index contributed by atoms with van der Waals surface area (Å²) in [5.41, 5.74) is 2.24. The number of aromatic nitrogens is 2. The van der Waals surface area contributed by atoms with Crippen molar-refractivity contribution in [2.75, 3.05) is 0 Å². The van der Waals surface area contributed by atoms with Gasteiger partial charge in [0.1, 0.15) is 12.0 Å². The lowest BCUT2D eigenvalue weighted by molar-refractivity contribution is -0.115. The zero-order valence-electron chi connectivity index (χ0n) is 11.6. The van der Waals surface area contributed by atoms with Gasteiger partial charge in [-0.2, -0.15) is 0 Å². The van der Waals surface area contributed by atoms with Crippen molar-refractivity contribution in [3.05, 3.63) is 53.4 Å². The number of carbonyl (C=O) groups is 2. The maximum absolute atomic E-state index is 11.6. The predicted octanol–water partition coefficient (Wildman–Crippen LogP) is 3.21. The Labute approximate surface area is 134 Å². The Morgan fingerprint density at radius 1 is 1.17 bits per heavy atom. The Morgan fingerprint density at radius 3 is 2.83 bits per heavy atom. The van der Waals surface area contributed by atoms with Crippen molar-refractivity contribution < 1.29 is 14.0 Å².